The fourth-order valence-corrected chi connectivity index (χ4v) is 5.49. The molecule has 2 N–H and O–H groups in total. The van der Waals surface area contributed by atoms with E-state index in [0.29, 0.717) is 24.3 Å². The summed E-state index contributed by atoms with van der Waals surface area (Å²) in [4.78, 5) is 43.3. The van der Waals surface area contributed by atoms with Crippen LogP contribution >= 0.6 is 0 Å². The molecule has 3 aromatic carbocycles. The lowest BCUT2D eigenvalue weighted by Gasteiger charge is -2.39. The summed E-state index contributed by atoms with van der Waals surface area (Å²) < 4.78 is 11.3. The number of benzene rings is 3. The molecular weight excluding hydrogens is 582 g/mol. The molecule has 46 heavy (non-hydrogen) atoms. The third kappa shape index (κ3) is 9.20. The van der Waals surface area contributed by atoms with Crippen LogP contribution in [0.3, 0.4) is 0 Å². The van der Waals surface area contributed by atoms with E-state index in [9.17, 15) is 19.5 Å². The van der Waals surface area contributed by atoms with Crippen molar-refractivity contribution in [3.63, 3.8) is 0 Å². The molecule has 244 valence electrons. The zero-order chi connectivity index (χ0) is 33.3. The minimum Gasteiger partial charge on any atom is -0.497 e. The van der Waals surface area contributed by atoms with Crippen molar-refractivity contribution >= 4 is 30.1 Å². The van der Waals surface area contributed by atoms with Crippen LogP contribution < -0.4 is 10.1 Å². The maximum Gasteiger partial charge on any atom is 0.323 e. The van der Waals surface area contributed by atoms with Crippen molar-refractivity contribution in [2.75, 3.05) is 20.4 Å². The number of hydrogen-bond acceptors (Lipinski definition) is 5. The van der Waals surface area contributed by atoms with Gasteiger partial charge in [0.1, 0.15) is 18.5 Å². The molecule has 1 saturated heterocycles. The first kappa shape index (κ1) is 34.2. The van der Waals surface area contributed by atoms with Crippen LogP contribution in [0.15, 0.2) is 78.9 Å². The number of urea groups is 1. The number of hydrogen-bond donors (Lipinski definition) is 2. The minimum absolute atomic E-state index is 0.0600. The average molecular weight is 628 g/mol. The molecule has 2 atom stereocenters. The minimum atomic E-state index is -1.06. The maximum atomic E-state index is 14.3. The summed E-state index contributed by atoms with van der Waals surface area (Å²) in [5.41, 5.74) is 3.05. The third-order valence-corrected chi connectivity index (χ3v) is 8.05. The highest BCUT2D eigenvalue weighted by molar-refractivity contribution is 5.88. The van der Waals surface area contributed by atoms with Crippen molar-refractivity contribution in [3.8, 4) is 5.75 Å². The largest absolute Gasteiger partial charge is 0.497 e. The summed E-state index contributed by atoms with van der Waals surface area (Å²) in [6, 6.07) is 23.1. The Bertz CT molecular complexity index is 1500. The number of carbonyl (C=O) groups is 3. The molecule has 9 heteroatoms. The number of ether oxygens (including phenoxy) is 2. The summed E-state index contributed by atoms with van der Waals surface area (Å²) in [6.07, 6.45) is 4.15. The Morgan fingerprint density at radius 2 is 1.67 bits per heavy atom. The fourth-order valence-electron chi connectivity index (χ4n) is 5.49. The number of amides is 3. The van der Waals surface area contributed by atoms with E-state index < -0.39 is 29.5 Å². The van der Waals surface area contributed by atoms with Gasteiger partial charge in [-0.3, -0.25) is 14.5 Å². The van der Waals surface area contributed by atoms with Gasteiger partial charge in [-0.25, -0.2) is 4.79 Å². The van der Waals surface area contributed by atoms with Gasteiger partial charge in [0, 0.05) is 6.54 Å². The van der Waals surface area contributed by atoms with Gasteiger partial charge in [-0.2, -0.15) is 0 Å². The second kappa shape index (κ2) is 15.6. The Morgan fingerprint density at radius 3 is 2.30 bits per heavy atom. The second-order valence-corrected chi connectivity index (χ2v) is 12.7. The Morgan fingerprint density at radius 1 is 1.00 bits per heavy atom. The molecule has 0 saturated carbocycles. The summed E-state index contributed by atoms with van der Waals surface area (Å²) in [7, 11) is 1.53. The highest BCUT2D eigenvalue weighted by Crippen LogP contribution is 2.28. The fraction of sp³-hybridized carbons (Fsp3) is 0.378. The molecule has 1 heterocycles. The van der Waals surface area contributed by atoms with Crippen LogP contribution in [0.25, 0.3) is 12.2 Å². The van der Waals surface area contributed by atoms with Crippen molar-refractivity contribution in [2.24, 2.45) is 5.92 Å². The summed E-state index contributed by atoms with van der Waals surface area (Å²) in [5, 5.41) is 12.6. The van der Waals surface area contributed by atoms with E-state index in [0.717, 1.165) is 16.7 Å². The van der Waals surface area contributed by atoms with E-state index >= 15 is 0 Å². The number of nitrogens with zero attached hydrogens (tertiary/aromatic N) is 2. The zero-order valence-corrected chi connectivity index (χ0v) is 27.3. The first-order valence-electron chi connectivity index (χ1n) is 15.6. The molecule has 0 aliphatic carbocycles. The van der Waals surface area contributed by atoms with E-state index in [4.69, 9.17) is 9.47 Å². The molecule has 0 aromatic heterocycles. The second-order valence-electron chi connectivity index (χ2n) is 12.7. The predicted molar refractivity (Wildman–Crippen MR) is 179 cm³/mol. The van der Waals surface area contributed by atoms with Gasteiger partial charge in [-0.15, -0.1) is 0 Å². The normalized spacial score (nSPS) is 16.3. The summed E-state index contributed by atoms with van der Waals surface area (Å²) in [6.45, 7) is 8.43. The van der Waals surface area contributed by atoms with Gasteiger partial charge in [-0.1, -0.05) is 92.7 Å². The molecule has 1 aliphatic rings. The van der Waals surface area contributed by atoms with Crippen LogP contribution in [0.5, 0.6) is 5.75 Å². The van der Waals surface area contributed by atoms with Crippen LogP contribution in [0.2, 0.25) is 0 Å². The number of carbonyl (C=O) groups excluding carboxylic acids is 2. The van der Waals surface area contributed by atoms with Gasteiger partial charge in [0.25, 0.3) is 0 Å². The van der Waals surface area contributed by atoms with Crippen LogP contribution in [-0.4, -0.2) is 64.8 Å². The number of nitrogens with one attached hydrogen (secondary N) is 1. The summed E-state index contributed by atoms with van der Waals surface area (Å²) in [5.74, 6) is -0.874. The lowest BCUT2D eigenvalue weighted by molar-refractivity contribution is -0.138. The number of aliphatic carboxylic acids is 1. The number of rotatable bonds is 13. The average Bonchev–Trinajstić information content (AvgIpc) is 3.14. The number of carboxylic acids is 1. The van der Waals surface area contributed by atoms with Gasteiger partial charge >= 0.3 is 12.0 Å². The van der Waals surface area contributed by atoms with E-state index in [-0.39, 0.29) is 31.7 Å². The first-order chi connectivity index (χ1) is 22.0. The van der Waals surface area contributed by atoms with Crippen molar-refractivity contribution in [2.45, 2.75) is 64.7 Å². The SMILES string of the molecule is COc1cccc(C(CC(=O)O)NC(=O)[C@H](CC(C)C)N2COCC(C)(C)N(Cc3ccc(/C=C/c4ccccc4)cc3)C2=O)c1. The molecule has 1 aliphatic heterocycles. The Hall–Kier alpha value is -4.63. The molecule has 0 radical (unpaired) electrons. The highest BCUT2D eigenvalue weighted by Gasteiger charge is 2.42. The van der Waals surface area contributed by atoms with Crippen molar-refractivity contribution in [1.29, 1.82) is 0 Å². The molecule has 4 rings (SSSR count). The third-order valence-electron chi connectivity index (χ3n) is 8.05. The lowest BCUT2D eigenvalue weighted by Crippen LogP contribution is -2.57. The van der Waals surface area contributed by atoms with Gasteiger partial charge in [0.15, 0.2) is 0 Å². The van der Waals surface area contributed by atoms with E-state index in [1.807, 2.05) is 88.4 Å². The summed E-state index contributed by atoms with van der Waals surface area (Å²) >= 11 is 0. The number of carboxylic acid groups (broad SMARTS) is 1. The molecule has 3 amide bonds. The van der Waals surface area contributed by atoms with Crippen molar-refractivity contribution in [1.82, 2.24) is 15.1 Å². The molecule has 0 bridgehead atoms. The predicted octanol–water partition coefficient (Wildman–Crippen LogP) is 6.60. The first-order valence-corrected chi connectivity index (χ1v) is 15.6. The van der Waals surface area contributed by atoms with Crippen LogP contribution in [0.1, 0.15) is 68.8 Å². The highest BCUT2D eigenvalue weighted by atomic mass is 16.5. The molecule has 1 fully saturated rings. The van der Waals surface area contributed by atoms with Gasteiger partial charge in [0.2, 0.25) is 5.91 Å². The van der Waals surface area contributed by atoms with E-state index in [2.05, 4.69) is 11.4 Å². The molecule has 3 aromatic rings. The van der Waals surface area contributed by atoms with Gasteiger partial charge < -0.3 is 24.8 Å². The quantitative estimate of drug-likeness (QED) is 0.207. The van der Waals surface area contributed by atoms with Crippen molar-refractivity contribution < 1.29 is 29.0 Å². The molecule has 0 spiro atoms. The van der Waals surface area contributed by atoms with Crippen LogP contribution in [0, 0.1) is 5.92 Å². The van der Waals surface area contributed by atoms with Crippen LogP contribution in [0.4, 0.5) is 4.79 Å². The standard InChI is InChI=1S/C37H45N3O6/c1-26(2)20-33(35(43)38-32(22-34(41)42)30-12-9-13-31(21-30)45-5)39-25-46-24-37(3,4)40(36(39)44)23-29-18-16-28(17-19-29)15-14-27-10-7-6-8-11-27/h6-19,21,26,32-33H,20,22-25H2,1-5H3,(H,38,43)(H,41,42)/b15-14+/t32?,33-/m0/s1. The topological polar surface area (TPSA) is 108 Å². The van der Waals surface area contributed by atoms with Gasteiger partial charge in [0.05, 0.1) is 31.7 Å². The molecule has 1 unspecified atom stereocenters. The van der Waals surface area contributed by atoms with Crippen LogP contribution in [-0.2, 0) is 20.9 Å². The lowest BCUT2D eigenvalue weighted by atomic mass is 9.99. The molecule has 9 nitrogen and oxygen atoms in total. The van der Waals surface area contributed by atoms with E-state index in [1.54, 1.807) is 29.2 Å². The monoisotopic (exact) mass is 627 g/mol. The Kier molecular flexibility index (Phi) is 11.6. The van der Waals surface area contributed by atoms with Gasteiger partial charge in [-0.05, 0) is 60.6 Å². The van der Waals surface area contributed by atoms with E-state index in [1.165, 1.54) is 12.0 Å². The Labute approximate surface area is 271 Å². The smallest absolute Gasteiger partial charge is 0.323 e. The van der Waals surface area contributed by atoms with Crippen molar-refractivity contribution in [3.05, 3.63) is 101 Å². The molecular formula is C37H45N3O6. The number of methoxy groups -OCH3 is 1. The maximum absolute atomic E-state index is 14.3. The Balaban J connectivity index is 1.56. The zero-order valence-electron chi connectivity index (χ0n) is 27.3.